The SMILES string of the molecule is COC(=O)c1ccc(NC(=O)N(C)Cc2nccn2C)c(C)c1. The van der Waals surface area contributed by atoms with Crippen LogP contribution in [0.5, 0.6) is 0 Å². The zero-order chi connectivity index (χ0) is 17.0. The highest BCUT2D eigenvalue weighted by Crippen LogP contribution is 2.17. The Morgan fingerprint density at radius 3 is 2.70 bits per heavy atom. The van der Waals surface area contributed by atoms with Crippen LogP contribution in [0.15, 0.2) is 30.6 Å². The third kappa shape index (κ3) is 3.88. The fourth-order valence-electron chi connectivity index (χ4n) is 2.09. The molecule has 122 valence electrons. The molecule has 1 aromatic carbocycles. The molecule has 0 radical (unpaired) electrons. The molecule has 2 rings (SSSR count). The van der Waals surface area contributed by atoms with Crippen LogP contribution in [0.1, 0.15) is 21.7 Å². The Labute approximate surface area is 134 Å². The van der Waals surface area contributed by atoms with Crippen molar-refractivity contribution in [2.45, 2.75) is 13.5 Å². The van der Waals surface area contributed by atoms with Crippen molar-refractivity contribution in [2.75, 3.05) is 19.5 Å². The first-order valence-electron chi connectivity index (χ1n) is 7.09. The van der Waals surface area contributed by atoms with Gasteiger partial charge in [0, 0.05) is 32.2 Å². The second-order valence-corrected chi connectivity index (χ2v) is 5.26. The van der Waals surface area contributed by atoms with Gasteiger partial charge in [-0.2, -0.15) is 0 Å². The molecule has 0 aliphatic heterocycles. The highest BCUT2D eigenvalue weighted by atomic mass is 16.5. The summed E-state index contributed by atoms with van der Waals surface area (Å²) in [6.45, 7) is 2.22. The van der Waals surface area contributed by atoms with Crippen molar-refractivity contribution < 1.29 is 14.3 Å². The van der Waals surface area contributed by atoms with Gasteiger partial charge >= 0.3 is 12.0 Å². The first kappa shape index (κ1) is 16.5. The Morgan fingerprint density at radius 1 is 1.39 bits per heavy atom. The van der Waals surface area contributed by atoms with Gasteiger partial charge in [-0.3, -0.25) is 0 Å². The molecule has 0 fully saturated rings. The second-order valence-electron chi connectivity index (χ2n) is 5.26. The van der Waals surface area contributed by atoms with E-state index in [9.17, 15) is 9.59 Å². The Morgan fingerprint density at radius 2 is 2.13 bits per heavy atom. The number of hydrogen-bond acceptors (Lipinski definition) is 4. The number of rotatable bonds is 4. The number of nitrogens with one attached hydrogen (secondary N) is 1. The van der Waals surface area contributed by atoms with Crippen molar-refractivity contribution in [1.82, 2.24) is 14.5 Å². The van der Waals surface area contributed by atoms with Crippen LogP contribution in [0, 0.1) is 6.92 Å². The van der Waals surface area contributed by atoms with Gasteiger partial charge in [0.1, 0.15) is 5.82 Å². The number of hydrogen-bond donors (Lipinski definition) is 1. The summed E-state index contributed by atoms with van der Waals surface area (Å²) in [6.07, 6.45) is 3.52. The number of carbonyl (C=O) groups excluding carboxylic acids is 2. The van der Waals surface area contributed by atoms with Gasteiger partial charge in [-0.15, -0.1) is 0 Å². The molecular weight excluding hydrogens is 296 g/mol. The topological polar surface area (TPSA) is 76.5 Å². The number of anilines is 1. The summed E-state index contributed by atoms with van der Waals surface area (Å²) < 4.78 is 6.54. The van der Waals surface area contributed by atoms with Gasteiger partial charge < -0.3 is 19.5 Å². The summed E-state index contributed by atoms with van der Waals surface area (Å²) in [5.74, 6) is 0.387. The number of ether oxygens (including phenoxy) is 1. The van der Waals surface area contributed by atoms with Crippen molar-refractivity contribution in [3.63, 3.8) is 0 Å². The van der Waals surface area contributed by atoms with Gasteiger partial charge in [0.15, 0.2) is 0 Å². The number of methoxy groups -OCH3 is 1. The molecule has 2 amide bonds. The predicted molar refractivity (Wildman–Crippen MR) is 86.2 cm³/mol. The van der Waals surface area contributed by atoms with Gasteiger partial charge in [-0.1, -0.05) is 0 Å². The molecule has 2 aromatic rings. The lowest BCUT2D eigenvalue weighted by atomic mass is 10.1. The van der Waals surface area contributed by atoms with E-state index in [1.54, 1.807) is 31.4 Å². The standard InChI is InChI=1S/C16H20N4O3/c1-11-9-12(15(21)23-4)5-6-13(11)18-16(22)20(3)10-14-17-7-8-19(14)2/h5-9H,10H2,1-4H3,(H,18,22). The Bertz CT molecular complexity index is 724. The van der Waals surface area contributed by atoms with E-state index in [0.717, 1.165) is 11.4 Å². The van der Waals surface area contributed by atoms with Crippen LogP contribution in [0.25, 0.3) is 0 Å². The summed E-state index contributed by atoms with van der Waals surface area (Å²) in [5, 5.41) is 2.82. The Balaban J connectivity index is 2.05. The van der Waals surface area contributed by atoms with E-state index in [2.05, 4.69) is 15.0 Å². The molecule has 1 aromatic heterocycles. The maximum absolute atomic E-state index is 12.3. The Kier molecular flexibility index (Phi) is 5.00. The maximum Gasteiger partial charge on any atom is 0.337 e. The van der Waals surface area contributed by atoms with Crippen LogP contribution in [0.2, 0.25) is 0 Å². The number of aromatic nitrogens is 2. The van der Waals surface area contributed by atoms with E-state index >= 15 is 0 Å². The van der Waals surface area contributed by atoms with Crippen molar-refractivity contribution in [3.8, 4) is 0 Å². The highest BCUT2D eigenvalue weighted by Gasteiger charge is 2.14. The third-order valence-corrected chi connectivity index (χ3v) is 3.54. The average molecular weight is 316 g/mol. The number of urea groups is 1. The van der Waals surface area contributed by atoms with Crippen molar-refractivity contribution >= 4 is 17.7 Å². The van der Waals surface area contributed by atoms with Crippen LogP contribution < -0.4 is 5.32 Å². The van der Waals surface area contributed by atoms with Crippen LogP contribution in [-0.2, 0) is 18.3 Å². The quantitative estimate of drug-likeness (QED) is 0.877. The first-order valence-corrected chi connectivity index (χ1v) is 7.09. The van der Waals surface area contributed by atoms with E-state index in [-0.39, 0.29) is 6.03 Å². The molecular formula is C16H20N4O3. The monoisotopic (exact) mass is 316 g/mol. The minimum absolute atomic E-state index is 0.248. The van der Waals surface area contributed by atoms with Crippen molar-refractivity contribution in [2.24, 2.45) is 7.05 Å². The van der Waals surface area contributed by atoms with Crippen LogP contribution >= 0.6 is 0 Å². The summed E-state index contributed by atoms with van der Waals surface area (Å²) in [7, 11) is 4.91. The maximum atomic E-state index is 12.3. The average Bonchev–Trinajstić information content (AvgIpc) is 2.93. The van der Waals surface area contributed by atoms with E-state index in [4.69, 9.17) is 0 Å². The van der Waals surface area contributed by atoms with Crippen molar-refractivity contribution in [3.05, 3.63) is 47.5 Å². The number of amides is 2. The summed E-state index contributed by atoms with van der Waals surface area (Å²) in [6, 6.07) is 4.74. The van der Waals surface area contributed by atoms with E-state index in [1.165, 1.54) is 12.0 Å². The highest BCUT2D eigenvalue weighted by molar-refractivity contribution is 5.93. The summed E-state index contributed by atoms with van der Waals surface area (Å²) >= 11 is 0. The van der Waals surface area contributed by atoms with E-state index in [0.29, 0.717) is 17.8 Å². The predicted octanol–water partition coefficient (Wildman–Crippen LogP) is 2.18. The molecule has 0 bridgehead atoms. The molecule has 0 spiro atoms. The number of carbonyl (C=O) groups is 2. The van der Waals surface area contributed by atoms with Crippen LogP contribution in [0.4, 0.5) is 10.5 Å². The van der Waals surface area contributed by atoms with E-state index < -0.39 is 5.97 Å². The molecule has 1 heterocycles. The molecule has 0 saturated heterocycles. The van der Waals surface area contributed by atoms with Gasteiger partial charge in [0.25, 0.3) is 0 Å². The van der Waals surface area contributed by atoms with E-state index in [1.807, 2.05) is 24.7 Å². The number of nitrogens with zero attached hydrogens (tertiary/aromatic N) is 3. The normalized spacial score (nSPS) is 10.3. The van der Waals surface area contributed by atoms with Gasteiger partial charge in [0.2, 0.25) is 0 Å². The fraction of sp³-hybridized carbons (Fsp3) is 0.312. The van der Waals surface area contributed by atoms with Crippen molar-refractivity contribution in [1.29, 1.82) is 0 Å². The zero-order valence-electron chi connectivity index (χ0n) is 13.7. The molecule has 7 nitrogen and oxygen atoms in total. The zero-order valence-corrected chi connectivity index (χ0v) is 13.7. The minimum Gasteiger partial charge on any atom is -0.465 e. The number of aryl methyl sites for hydroxylation is 2. The lowest BCUT2D eigenvalue weighted by Crippen LogP contribution is -2.32. The van der Waals surface area contributed by atoms with Gasteiger partial charge in [0.05, 0.1) is 19.2 Å². The lowest BCUT2D eigenvalue weighted by Gasteiger charge is -2.18. The second kappa shape index (κ2) is 6.95. The lowest BCUT2D eigenvalue weighted by molar-refractivity contribution is 0.0600. The van der Waals surface area contributed by atoms with Crippen LogP contribution in [0.3, 0.4) is 0 Å². The van der Waals surface area contributed by atoms with Gasteiger partial charge in [-0.05, 0) is 30.7 Å². The first-order chi connectivity index (χ1) is 10.9. The van der Waals surface area contributed by atoms with Crippen LogP contribution in [-0.4, -0.2) is 40.6 Å². The molecule has 23 heavy (non-hydrogen) atoms. The molecule has 0 atom stereocenters. The summed E-state index contributed by atoms with van der Waals surface area (Å²) in [4.78, 5) is 29.5. The molecule has 0 saturated carbocycles. The largest absolute Gasteiger partial charge is 0.465 e. The summed E-state index contributed by atoms with van der Waals surface area (Å²) in [5.41, 5.74) is 1.88. The number of benzene rings is 1. The molecule has 0 aliphatic carbocycles. The smallest absolute Gasteiger partial charge is 0.337 e. The number of esters is 1. The molecule has 1 N–H and O–H groups in total. The number of imidazole rings is 1. The third-order valence-electron chi connectivity index (χ3n) is 3.54. The molecule has 7 heteroatoms. The molecule has 0 aliphatic rings. The Hall–Kier alpha value is -2.83. The minimum atomic E-state index is -0.405. The van der Waals surface area contributed by atoms with Gasteiger partial charge in [-0.25, -0.2) is 14.6 Å². The fourth-order valence-corrected chi connectivity index (χ4v) is 2.09. The molecule has 0 unspecified atom stereocenters.